The number of amides is 1. The van der Waals surface area contributed by atoms with E-state index in [1.54, 1.807) is 4.90 Å². The maximum absolute atomic E-state index is 12.4. The number of likely N-dealkylation sites (tertiary alicyclic amines) is 1. The molecule has 1 N–H and O–H groups in total. The molecule has 2 saturated heterocycles. The van der Waals surface area contributed by atoms with Crippen LogP contribution in [-0.2, 0) is 14.8 Å². The smallest absolute Gasteiger partial charge is 0.292 e. The van der Waals surface area contributed by atoms with E-state index in [0.717, 1.165) is 19.1 Å². The number of ether oxygens (including phenoxy) is 1. The third-order valence-electron chi connectivity index (χ3n) is 3.80. The molecular formula is C12H17N3O5S. The summed E-state index contributed by atoms with van der Waals surface area (Å²) in [5.74, 6) is -0.134. The van der Waals surface area contributed by atoms with Gasteiger partial charge in [-0.3, -0.25) is 4.79 Å². The molecule has 1 aromatic rings. The molecule has 0 radical (unpaired) electrons. The number of hydrogen-bond donors (Lipinski definition) is 1. The van der Waals surface area contributed by atoms with E-state index in [4.69, 9.17) is 9.26 Å². The molecule has 2 aliphatic heterocycles. The molecule has 1 amide bonds. The molecule has 2 fully saturated rings. The van der Waals surface area contributed by atoms with Gasteiger partial charge in [0.1, 0.15) is 0 Å². The van der Waals surface area contributed by atoms with Crippen molar-refractivity contribution in [3.63, 3.8) is 0 Å². The van der Waals surface area contributed by atoms with Crippen molar-refractivity contribution < 1.29 is 22.5 Å². The minimum Gasteiger partial charge on any atom is -0.374 e. The van der Waals surface area contributed by atoms with E-state index in [2.05, 4.69) is 9.88 Å². The molecule has 8 nitrogen and oxygen atoms in total. The summed E-state index contributed by atoms with van der Waals surface area (Å²) >= 11 is 0. The zero-order valence-corrected chi connectivity index (χ0v) is 12.4. The van der Waals surface area contributed by atoms with E-state index in [0.29, 0.717) is 6.61 Å². The number of nitrogens with zero attached hydrogens (tertiary/aromatic N) is 2. The number of nitrogens with one attached hydrogen (secondary N) is 1. The predicted molar refractivity (Wildman–Crippen MR) is 72.1 cm³/mol. The zero-order chi connectivity index (χ0) is 15.0. The van der Waals surface area contributed by atoms with Gasteiger partial charge in [-0.25, -0.2) is 13.1 Å². The lowest BCUT2D eigenvalue weighted by molar-refractivity contribution is -0.0161. The average Bonchev–Trinajstić information content (AvgIpc) is 3.05. The van der Waals surface area contributed by atoms with Gasteiger partial charge in [0.15, 0.2) is 0 Å². The maximum atomic E-state index is 12.4. The lowest BCUT2D eigenvalue weighted by atomic mass is 10.0. The molecule has 0 aliphatic carbocycles. The van der Waals surface area contributed by atoms with Crippen LogP contribution in [0.2, 0.25) is 0 Å². The molecule has 3 rings (SSSR count). The number of rotatable bonds is 3. The average molecular weight is 315 g/mol. The van der Waals surface area contributed by atoms with Gasteiger partial charge in [0.25, 0.3) is 5.91 Å². The fourth-order valence-corrected chi connectivity index (χ4v) is 3.79. The van der Waals surface area contributed by atoms with Crippen LogP contribution in [0.4, 0.5) is 0 Å². The van der Waals surface area contributed by atoms with Crippen LogP contribution in [0.3, 0.4) is 0 Å². The van der Waals surface area contributed by atoms with Crippen molar-refractivity contribution in [3.05, 3.63) is 18.0 Å². The van der Waals surface area contributed by atoms with Crippen LogP contribution in [-0.4, -0.2) is 62.0 Å². The van der Waals surface area contributed by atoms with Gasteiger partial charge in [0.2, 0.25) is 15.8 Å². The van der Waals surface area contributed by atoms with Crippen LogP contribution < -0.4 is 4.72 Å². The van der Waals surface area contributed by atoms with Crippen LogP contribution in [0.5, 0.6) is 0 Å². The van der Waals surface area contributed by atoms with Gasteiger partial charge in [-0.2, -0.15) is 0 Å². The summed E-state index contributed by atoms with van der Waals surface area (Å²) in [6.07, 6.45) is 3.82. The van der Waals surface area contributed by atoms with Crippen molar-refractivity contribution in [2.75, 3.05) is 19.4 Å². The van der Waals surface area contributed by atoms with Crippen molar-refractivity contribution in [1.82, 2.24) is 14.8 Å². The third-order valence-corrected chi connectivity index (χ3v) is 4.53. The summed E-state index contributed by atoms with van der Waals surface area (Å²) in [4.78, 5) is 14.1. The third kappa shape index (κ3) is 2.94. The molecule has 0 spiro atoms. The van der Waals surface area contributed by atoms with E-state index in [1.807, 2.05) is 0 Å². The van der Waals surface area contributed by atoms with Crippen molar-refractivity contribution in [3.8, 4) is 0 Å². The molecule has 0 bridgehead atoms. The zero-order valence-electron chi connectivity index (χ0n) is 11.6. The van der Waals surface area contributed by atoms with Crippen LogP contribution in [0.1, 0.15) is 23.4 Å². The van der Waals surface area contributed by atoms with Gasteiger partial charge >= 0.3 is 0 Å². The Morgan fingerprint density at radius 3 is 3.00 bits per heavy atom. The minimum absolute atomic E-state index is 0.143. The predicted octanol–water partition coefficient (Wildman–Crippen LogP) is -0.404. The number of aromatic nitrogens is 1. The lowest BCUT2D eigenvalue weighted by Gasteiger charge is -2.31. The molecule has 3 atom stereocenters. The summed E-state index contributed by atoms with van der Waals surface area (Å²) in [6.45, 7) is 0.843. The highest BCUT2D eigenvalue weighted by Gasteiger charge is 2.47. The largest absolute Gasteiger partial charge is 0.374 e. The van der Waals surface area contributed by atoms with Crippen LogP contribution in [0, 0.1) is 0 Å². The molecule has 3 heterocycles. The Hall–Kier alpha value is -1.45. The maximum Gasteiger partial charge on any atom is 0.292 e. The normalized spacial score (nSPS) is 29.4. The van der Waals surface area contributed by atoms with Gasteiger partial charge in [-0.15, -0.1) is 0 Å². The highest BCUT2D eigenvalue weighted by Crippen LogP contribution is 2.30. The van der Waals surface area contributed by atoms with Crippen molar-refractivity contribution in [2.45, 2.75) is 31.0 Å². The van der Waals surface area contributed by atoms with Gasteiger partial charge in [-0.05, 0) is 12.8 Å². The van der Waals surface area contributed by atoms with Crippen molar-refractivity contribution >= 4 is 15.9 Å². The standard InChI is InChI=1S/C12H17N3O5S/c1-21(17,18)14-8-7-15(9-3-2-6-19-11(8)9)12(16)10-4-5-13-20-10/h4-5,8-9,11,14H,2-3,6-7H2,1H3/t8-,9+,11+/m1/s1. The van der Waals surface area contributed by atoms with Gasteiger partial charge in [0.05, 0.1) is 30.6 Å². The molecule has 21 heavy (non-hydrogen) atoms. The highest BCUT2D eigenvalue weighted by molar-refractivity contribution is 7.88. The van der Waals surface area contributed by atoms with Crippen LogP contribution in [0.15, 0.2) is 16.8 Å². The molecule has 9 heteroatoms. The van der Waals surface area contributed by atoms with E-state index >= 15 is 0 Å². The Balaban J connectivity index is 1.83. The van der Waals surface area contributed by atoms with E-state index in [9.17, 15) is 13.2 Å². The molecule has 0 unspecified atom stereocenters. The summed E-state index contributed by atoms with van der Waals surface area (Å²) in [7, 11) is -3.36. The lowest BCUT2D eigenvalue weighted by Crippen LogP contribution is -2.47. The number of fused-ring (bicyclic) bond motifs is 1. The Labute approximate surface area is 122 Å². The molecular weight excluding hydrogens is 298 g/mol. The summed E-state index contributed by atoms with van der Waals surface area (Å²) in [6, 6.07) is 0.922. The Morgan fingerprint density at radius 1 is 1.52 bits per heavy atom. The molecule has 1 aromatic heterocycles. The first-order valence-electron chi connectivity index (χ1n) is 6.76. The molecule has 0 aromatic carbocycles. The monoisotopic (exact) mass is 315 g/mol. The topological polar surface area (TPSA) is 102 Å². The second kappa shape index (κ2) is 5.39. The summed E-state index contributed by atoms with van der Waals surface area (Å²) in [5.41, 5.74) is 0. The Bertz CT molecular complexity index is 615. The van der Waals surface area contributed by atoms with Gasteiger partial charge in [0, 0.05) is 19.2 Å². The number of carbonyl (C=O) groups is 1. The Morgan fingerprint density at radius 2 is 2.33 bits per heavy atom. The number of hydrogen-bond acceptors (Lipinski definition) is 6. The van der Waals surface area contributed by atoms with Crippen molar-refractivity contribution in [1.29, 1.82) is 0 Å². The van der Waals surface area contributed by atoms with Crippen LogP contribution >= 0.6 is 0 Å². The number of sulfonamides is 1. The fraction of sp³-hybridized carbons (Fsp3) is 0.667. The highest BCUT2D eigenvalue weighted by atomic mass is 32.2. The first kappa shape index (κ1) is 14.5. The molecule has 0 saturated carbocycles. The fourth-order valence-electron chi connectivity index (χ4n) is 3.04. The van der Waals surface area contributed by atoms with E-state index in [-0.39, 0.29) is 30.4 Å². The number of carbonyl (C=O) groups excluding carboxylic acids is 1. The second-order valence-electron chi connectivity index (χ2n) is 5.38. The minimum atomic E-state index is -3.36. The first-order valence-corrected chi connectivity index (χ1v) is 8.65. The van der Waals surface area contributed by atoms with E-state index in [1.165, 1.54) is 12.3 Å². The Kier molecular flexibility index (Phi) is 3.72. The van der Waals surface area contributed by atoms with Crippen molar-refractivity contribution in [2.24, 2.45) is 0 Å². The van der Waals surface area contributed by atoms with Crippen LogP contribution in [0.25, 0.3) is 0 Å². The SMILES string of the molecule is CS(=O)(=O)N[C@@H]1CN(C(=O)c2ccno2)[C@H]2CCCO[C@@H]12. The molecule has 2 aliphatic rings. The van der Waals surface area contributed by atoms with Gasteiger partial charge in [-0.1, -0.05) is 5.16 Å². The van der Waals surface area contributed by atoms with E-state index < -0.39 is 16.1 Å². The summed E-state index contributed by atoms with van der Waals surface area (Å²) in [5, 5.41) is 3.53. The van der Waals surface area contributed by atoms with Gasteiger partial charge < -0.3 is 14.2 Å². The second-order valence-corrected chi connectivity index (χ2v) is 7.16. The summed E-state index contributed by atoms with van der Waals surface area (Å²) < 4.78 is 36.1. The molecule has 116 valence electrons. The quantitative estimate of drug-likeness (QED) is 0.814. The first-order chi connectivity index (χ1) is 9.96.